The van der Waals surface area contributed by atoms with Crippen LogP contribution in [0.5, 0.6) is 0 Å². The molecule has 0 radical (unpaired) electrons. The van der Waals surface area contributed by atoms with Gasteiger partial charge in [0.15, 0.2) is 0 Å². The Morgan fingerprint density at radius 3 is 2.48 bits per heavy atom. The van der Waals surface area contributed by atoms with Crippen molar-refractivity contribution < 1.29 is 24.5 Å². The Bertz CT molecular complexity index is 329. The van der Waals surface area contributed by atoms with Gasteiger partial charge in [-0.15, -0.1) is 0 Å². The maximum atomic E-state index is 12.4. The minimum Gasteiger partial charge on any atom is -0.481 e. The first kappa shape index (κ1) is 17.7. The van der Waals surface area contributed by atoms with E-state index < -0.39 is 5.97 Å². The predicted molar refractivity (Wildman–Crippen MR) is 77.1 cm³/mol. The predicted octanol–water partition coefficient (Wildman–Crippen LogP) is 0.624. The van der Waals surface area contributed by atoms with E-state index in [0.29, 0.717) is 45.1 Å². The first-order chi connectivity index (χ1) is 10.1. The molecule has 0 aliphatic carbocycles. The number of carbonyl (C=O) groups excluding carboxylic acids is 1. The highest BCUT2D eigenvalue weighted by molar-refractivity contribution is 5.74. The number of piperidine rings is 1. The van der Waals surface area contributed by atoms with Crippen LogP contribution in [0.2, 0.25) is 0 Å². The van der Waals surface area contributed by atoms with E-state index in [0.717, 1.165) is 12.8 Å². The van der Waals surface area contributed by atoms with Crippen molar-refractivity contribution in [3.8, 4) is 0 Å². The summed E-state index contributed by atoms with van der Waals surface area (Å²) in [6.45, 7) is 2.46. The molecule has 1 heterocycles. The number of nitrogens with zero attached hydrogens (tertiary/aromatic N) is 2. The number of methoxy groups -OCH3 is 1. The molecule has 0 atom stereocenters. The van der Waals surface area contributed by atoms with E-state index >= 15 is 0 Å². The minimum absolute atomic E-state index is 0.0649. The summed E-state index contributed by atoms with van der Waals surface area (Å²) in [6.07, 6.45) is 2.57. The smallest absolute Gasteiger partial charge is 0.320 e. The number of ether oxygens (including phenoxy) is 1. The molecule has 0 saturated carbocycles. The summed E-state index contributed by atoms with van der Waals surface area (Å²) >= 11 is 0. The van der Waals surface area contributed by atoms with Gasteiger partial charge in [-0.3, -0.25) is 4.79 Å². The zero-order chi connectivity index (χ0) is 15.7. The van der Waals surface area contributed by atoms with Gasteiger partial charge in [0, 0.05) is 39.7 Å². The largest absolute Gasteiger partial charge is 0.481 e. The monoisotopic (exact) mass is 302 g/mol. The highest BCUT2D eigenvalue weighted by atomic mass is 16.5. The Balaban J connectivity index is 2.39. The van der Waals surface area contributed by atoms with Crippen LogP contribution in [-0.4, -0.2) is 78.5 Å². The van der Waals surface area contributed by atoms with Crippen molar-refractivity contribution in [3.05, 3.63) is 0 Å². The zero-order valence-corrected chi connectivity index (χ0v) is 12.7. The van der Waals surface area contributed by atoms with E-state index in [1.165, 1.54) is 0 Å². The van der Waals surface area contributed by atoms with Gasteiger partial charge >= 0.3 is 12.0 Å². The molecular weight excluding hydrogens is 276 g/mol. The number of rotatable bonds is 8. The number of hydrogen-bond donors (Lipinski definition) is 2. The fraction of sp³-hybridized carbons (Fsp3) is 0.857. The molecule has 2 amide bonds. The molecular formula is C14H26N2O5. The lowest BCUT2D eigenvalue weighted by molar-refractivity contribution is -0.137. The second-order valence-corrected chi connectivity index (χ2v) is 5.35. The van der Waals surface area contributed by atoms with E-state index in [4.69, 9.17) is 14.9 Å². The Kier molecular flexibility index (Phi) is 8.07. The van der Waals surface area contributed by atoms with Gasteiger partial charge in [0.05, 0.1) is 13.2 Å². The summed E-state index contributed by atoms with van der Waals surface area (Å²) in [5.41, 5.74) is 0. The van der Waals surface area contributed by atoms with Crippen molar-refractivity contribution in [2.24, 2.45) is 5.92 Å². The molecule has 1 aliphatic rings. The molecule has 0 unspecified atom stereocenters. The van der Waals surface area contributed by atoms with Gasteiger partial charge in [-0.2, -0.15) is 0 Å². The number of aliphatic hydroxyl groups excluding tert-OH is 1. The number of urea groups is 1. The molecule has 1 rings (SSSR count). The summed E-state index contributed by atoms with van der Waals surface area (Å²) < 4.78 is 4.98. The lowest BCUT2D eigenvalue weighted by Gasteiger charge is -2.35. The molecule has 0 aromatic rings. The summed E-state index contributed by atoms with van der Waals surface area (Å²) in [4.78, 5) is 26.3. The Morgan fingerprint density at radius 1 is 1.29 bits per heavy atom. The second-order valence-electron chi connectivity index (χ2n) is 5.35. The van der Waals surface area contributed by atoms with E-state index in [1.807, 2.05) is 0 Å². The zero-order valence-electron chi connectivity index (χ0n) is 12.7. The standard InChI is InChI=1S/C14H26N2O5/c1-21-11-9-16(8-10-17)14(20)15-6-4-12(5-7-15)2-3-13(18)19/h12,17H,2-11H2,1H3,(H,18,19). The van der Waals surface area contributed by atoms with E-state index in [1.54, 1.807) is 16.9 Å². The molecule has 7 nitrogen and oxygen atoms in total. The first-order valence-corrected chi connectivity index (χ1v) is 7.44. The molecule has 0 aromatic heterocycles. The van der Waals surface area contributed by atoms with Crippen LogP contribution in [0.25, 0.3) is 0 Å². The van der Waals surface area contributed by atoms with E-state index in [9.17, 15) is 9.59 Å². The van der Waals surface area contributed by atoms with Crippen molar-refractivity contribution in [2.45, 2.75) is 25.7 Å². The van der Waals surface area contributed by atoms with Crippen LogP contribution >= 0.6 is 0 Å². The third-order valence-corrected chi connectivity index (χ3v) is 3.86. The number of aliphatic carboxylic acids is 1. The van der Waals surface area contributed by atoms with Crippen LogP contribution in [0.4, 0.5) is 4.79 Å². The van der Waals surface area contributed by atoms with Gasteiger partial charge in [-0.25, -0.2) is 4.79 Å². The van der Waals surface area contributed by atoms with Crippen LogP contribution in [0.3, 0.4) is 0 Å². The van der Waals surface area contributed by atoms with Crippen molar-refractivity contribution in [1.29, 1.82) is 0 Å². The number of amides is 2. The number of carbonyl (C=O) groups is 2. The molecule has 2 N–H and O–H groups in total. The quantitative estimate of drug-likeness (QED) is 0.686. The van der Waals surface area contributed by atoms with Crippen LogP contribution < -0.4 is 0 Å². The Labute approximate surface area is 125 Å². The average Bonchev–Trinajstić information content (AvgIpc) is 2.49. The number of aliphatic hydroxyl groups is 1. The topological polar surface area (TPSA) is 90.3 Å². The van der Waals surface area contributed by atoms with Gasteiger partial charge < -0.3 is 24.7 Å². The molecule has 0 aromatic carbocycles. The molecule has 122 valence electrons. The Hall–Kier alpha value is -1.34. The number of hydrogen-bond acceptors (Lipinski definition) is 4. The summed E-state index contributed by atoms with van der Waals surface area (Å²) in [7, 11) is 1.58. The van der Waals surface area contributed by atoms with Crippen LogP contribution in [0, 0.1) is 5.92 Å². The van der Waals surface area contributed by atoms with E-state index in [-0.39, 0.29) is 19.1 Å². The fourth-order valence-corrected chi connectivity index (χ4v) is 2.57. The first-order valence-electron chi connectivity index (χ1n) is 7.44. The number of likely N-dealkylation sites (tertiary alicyclic amines) is 1. The molecule has 0 spiro atoms. The van der Waals surface area contributed by atoms with Gasteiger partial charge in [-0.1, -0.05) is 0 Å². The SMILES string of the molecule is COCCN(CCO)C(=O)N1CCC(CCC(=O)O)CC1. The molecule has 0 bridgehead atoms. The van der Waals surface area contributed by atoms with Gasteiger partial charge in [0.25, 0.3) is 0 Å². The third kappa shape index (κ3) is 6.31. The number of carboxylic acids is 1. The molecule has 1 fully saturated rings. The molecule has 21 heavy (non-hydrogen) atoms. The van der Waals surface area contributed by atoms with Crippen molar-refractivity contribution >= 4 is 12.0 Å². The van der Waals surface area contributed by atoms with Crippen LogP contribution in [0.15, 0.2) is 0 Å². The van der Waals surface area contributed by atoms with Gasteiger partial charge in [0.1, 0.15) is 0 Å². The fourth-order valence-electron chi connectivity index (χ4n) is 2.57. The summed E-state index contributed by atoms with van der Waals surface area (Å²) in [6, 6.07) is -0.0715. The average molecular weight is 302 g/mol. The highest BCUT2D eigenvalue weighted by Gasteiger charge is 2.26. The second kappa shape index (κ2) is 9.57. The van der Waals surface area contributed by atoms with Gasteiger partial charge in [0.2, 0.25) is 0 Å². The normalized spacial score (nSPS) is 16.0. The van der Waals surface area contributed by atoms with Crippen molar-refractivity contribution in [2.75, 3.05) is 46.5 Å². The molecule has 1 saturated heterocycles. The third-order valence-electron chi connectivity index (χ3n) is 3.86. The van der Waals surface area contributed by atoms with Crippen molar-refractivity contribution in [1.82, 2.24) is 9.80 Å². The molecule has 1 aliphatic heterocycles. The van der Waals surface area contributed by atoms with Crippen LogP contribution in [-0.2, 0) is 9.53 Å². The Morgan fingerprint density at radius 2 is 1.95 bits per heavy atom. The summed E-state index contributed by atoms with van der Waals surface area (Å²) in [5, 5.41) is 17.7. The summed E-state index contributed by atoms with van der Waals surface area (Å²) in [5.74, 6) is -0.377. The lowest BCUT2D eigenvalue weighted by atomic mass is 9.92. The van der Waals surface area contributed by atoms with Gasteiger partial charge in [-0.05, 0) is 25.2 Å². The maximum absolute atomic E-state index is 12.4. The lowest BCUT2D eigenvalue weighted by Crippen LogP contribution is -2.48. The minimum atomic E-state index is -0.762. The van der Waals surface area contributed by atoms with Crippen LogP contribution in [0.1, 0.15) is 25.7 Å². The molecule has 7 heteroatoms. The highest BCUT2D eigenvalue weighted by Crippen LogP contribution is 2.22. The van der Waals surface area contributed by atoms with Crippen molar-refractivity contribution in [3.63, 3.8) is 0 Å². The maximum Gasteiger partial charge on any atom is 0.320 e. The number of carboxylic acid groups (broad SMARTS) is 1. The van der Waals surface area contributed by atoms with E-state index in [2.05, 4.69) is 0 Å².